The summed E-state index contributed by atoms with van der Waals surface area (Å²) in [6.07, 6.45) is 6.06. The van der Waals surface area contributed by atoms with Crippen molar-refractivity contribution in [3.8, 4) is 0 Å². The lowest BCUT2D eigenvalue weighted by atomic mass is 10.1. The van der Waals surface area contributed by atoms with Gasteiger partial charge in [0.25, 0.3) is 0 Å². The first-order chi connectivity index (χ1) is 6.40. The summed E-state index contributed by atoms with van der Waals surface area (Å²) in [4.78, 5) is 5.41. The van der Waals surface area contributed by atoms with Crippen LogP contribution in [0.15, 0.2) is 11.7 Å². The molecule has 1 aromatic rings. The number of nitrogens with one attached hydrogen (secondary N) is 1. The van der Waals surface area contributed by atoms with Gasteiger partial charge in [0.2, 0.25) is 0 Å². The highest BCUT2D eigenvalue weighted by Crippen LogP contribution is 2.34. The van der Waals surface area contributed by atoms with Gasteiger partial charge in [0.15, 0.2) is 0 Å². The molecule has 2 rings (SSSR count). The Kier molecular flexibility index (Phi) is 2.96. The number of hydrogen-bond donors (Lipinski definition) is 1. The van der Waals surface area contributed by atoms with Crippen LogP contribution < -0.4 is 5.32 Å². The summed E-state index contributed by atoms with van der Waals surface area (Å²) in [6, 6.07) is 0.738. The van der Waals surface area contributed by atoms with Crippen LogP contribution in [0.1, 0.15) is 31.1 Å². The Morgan fingerprint density at radius 3 is 3.08 bits per heavy atom. The van der Waals surface area contributed by atoms with Crippen molar-refractivity contribution in [1.29, 1.82) is 0 Å². The van der Waals surface area contributed by atoms with E-state index in [1.807, 2.05) is 11.7 Å². The van der Waals surface area contributed by atoms with Crippen molar-refractivity contribution < 1.29 is 0 Å². The number of rotatable bonds is 5. The Labute approximate surface area is 83.4 Å². The minimum absolute atomic E-state index is 0.738. The van der Waals surface area contributed by atoms with E-state index >= 15 is 0 Å². The van der Waals surface area contributed by atoms with E-state index in [-0.39, 0.29) is 0 Å². The van der Waals surface area contributed by atoms with Crippen molar-refractivity contribution in [2.45, 2.75) is 38.8 Å². The first kappa shape index (κ1) is 9.16. The van der Waals surface area contributed by atoms with Crippen LogP contribution in [0.25, 0.3) is 0 Å². The molecule has 0 saturated heterocycles. The minimum Gasteiger partial charge on any atom is -0.309 e. The van der Waals surface area contributed by atoms with Crippen molar-refractivity contribution in [1.82, 2.24) is 10.3 Å². The van der Waals surface area contributed by atoms with Crippen LogP contribution in [0.4, 0.5) is 0 Å². The fourth-order valence-corrected chi connectivity index (χ4v) is 2.25. The molecule has 1 heterocycles. The number of nitrogens with zero attached hydrogens (tertiary/aromatic N) is 1. The van der Waals surface area contributed by atoms with Crippen molar-refractivity contribution in [3.05, 3.63) is 16.6 Å². The molecule has 0 radical (unpaired) electrons. The molecule has 1 unspecified atom stereocenters. The molecule has 3 heteroatoms. The second-order valence-electron chi connectivity index (χ2n) is 3.70. The van der Waals surface area contributed by atoms with Gasteiger partial charge in [-0.1, -0.05) is 6.92 Å². The van der Waals surface area contributed by atoms with E-state index in [1.54, 1.807) is 11.3 Å². The lowest BCUT2D eigenvalue weighted by molar-refractivity contribution is 0.451. The smallest absolute Gasteiger partial charge is 0.0794 e. The molecule has 2 nitrogen and oxygen atoms in total. The minimum atomic E-state index is 0.738. The van der Waals surface area contributed by atoms with Crippen LogP contribution in [0.3, 0.4) is 0 Å². The van der Waals surface area contributed by atoms with Gasteiger partial charge in [-0.2, -0.15) is 0 Å². The zero-order valence-electron chi connectivity index (χ0n) is 7.99. The number of aromatic nitrogens is 1. The summed E-state index contributed by atoms with van der Waals surface area (Å²) in [5.41, 5.74) is 1.90. The van der Waals surface area contributed by atoms with Gasteiger partial charge in [0, 0.05) is 23.7 Å². The van der Waals surface area contributed by atoms with Gasteiger partial charge in [-0.15, -0.1) is 11.3 Å². The third-order valence-electron chi connectivity index (χ3n) is 2.65. The second-order valence-corrected chi connectivity index (χ2v) is 4.67. The predicted molar refractivity (Wildman–Crippen MR) is 55.8 cm³/mol. The Morgan fingerprint density at radius 2 is 2.54 bits per heavy atom. The largest absolute Gasteiger partial charge is 0.309 e. The molecular formula is C10H16N2S. The van der Waals surface area contributed by atoms with Gasteiger partial charge in [0.05, 0.1) is 5.51 Å². The van der Waals surface area contributed by atoms with Gasteiger partial charge >= 0.3 is 0 Å². The van der Waals surface area contributed by atoms with Crippen molar-refractivity contribution in [2.75, 3.05) is 0 Å². The van der Waals surface area contributed by atoms with E-state index in [0.717, 1.165) is 18.5 Å². The Bertz CT molecular complexity index is 241. The molecule has 1 saturated carbocycles. The van der Waals surface area contributed by atoms with E-state index in [0.29, 0.717) is 0 Å². The molecular weight excluding hydrogens is 180 g/mol. The normalized spacial score (nSPS) is 18.8. The first-order valence-corrected chi connectivity index (χ1v) is 5.89. The van der Waals surface area contributed by atoms with Crippen molar-refractivity contribution in [3.63, 3.8) is 0 Å². The van der Waals surface area contributed by atoms with Crippen molar-refractivity contribution >= 4 is 11.3 Å². The number of thiazole rings is 1. The van der Waals surface area contributed by atoms with E-state index in [2.05, 4.69) is 17.2 Å². The Morgan fingerprint density at radius 1 is 1.69 bits per heavy atom. The molecule has 1 atom stereocenters. The van der Waals surface area contributed by atoms with E-state index in [1.165, 1.54) is 24.1 Å². The fraction of sp³-hybridized carbons (Fsp3) is 0.700. The number of hydrogen-bond acceptors (Lipinski definition) is 3. The summed E-state index contributed by atoms with van der Waals surface area (Å²) in [6.45, 7) is 3.27. The van der Waals surface area contributed by atoms with Crippen LogP contribution in [0.2, 0.25) is 0 Å². The Hall–Kier alpha value is -0.410. The molecule has 1 fully saturated rings. The summed E-state index contributed by atoms with van der Waals surface area (Å²) < 4.78 is 0. The SMILES string of the molecule is CCC(NCc1cncs1)C1CC1. The molecule has 13 heavy (non-hydrogen) atoms. The highest BCUT2D eigenvalue weighted by atomic mass is 32.1. The summed E-state index contributed by atoms with van der Waals surface area (Å²) in [5.74, 6) is 0.956. The van der Waals surface area contributed by atoms with Crippen LogP contribution in [-0.2, 0) is 6.54 Å². The molecule has 1 aliphatic carbocycles. The zero-order valence-corrected chi connectivity index (χ0v) is 8.81. The molecule has 0 aromatic carbocycles. The maximum absolute atomic E-state index is 4.06. The van der Waals surface area contributed by atoms with Gasteiger partial charge in [-0.05, 0) is 25.2 Å². The quantitative estimate of drug-likeness (QED) is 0.782. The van der Waals surface area contributed by atoms with Gasteiger partial charge < -0.3 is 5.32 Å². The van der Waals surface area contributed by atoms with E-state index < -0.39 is 0 Å². The van der Waals surface area contributed by atoms with E-state index in [9.17, 15) is 0 Å². The topological polar surface area (TPSA) is 24.9 Å². The maximum atomic E-state index is 4.06. The van der Waals surface area contributed by atoms with E-state index in [4.69, 9.17) is 0 Å². The molecule has 0 amide bonds. The average Bonchev–Trinajstić information content (AvgIpc) is 2.84. The van der Waals surface area contributed by atoms with Gasteiger partial charge in [0.1, 0.15) is 0 Å². The zero-order chi connectivity index (χ0) is 9.10. The summed E-state index contributed by atoms with van der Waals surface area (Å²) >= 11 is 1.73. The molecule has 0 bridgehead atoms. The standard InChI is InChI=1S/C10H16N2S/c1-2-10(8-3-4-8)12-6-9-5-11-7-13-9/h5,7-8,10,12H,2-4,6H2,1H3. The third-order valence-corrected chi connectivity index (χ3v) is 3.43. The summed E-state index contributed by atoms with van der Waals surface area (Å²) in [7, 11) is 0. The highest BCUT2D eigenvalue weighted by molar-refractivity contribution is 7.09. The average molecular weight is 196 g/mol. The van der Waals surface area contributed by atoms with Crippen LogP contribution >= 0.6 is 11.3 Å². The molecule has 1 aromatic heterocycles. The molecule has 0 aliphatic heterocycles. The van der Waals surface area contributed by atoms with Crippen LogP contribution in [0.5, 0.6) is 0 Å². The van der Waals surface area contributed by atoms with Gasteiger partial charge in [-0.25, -0.2) is 0 Å². The van der Waals surface area contributed by atoms with Gasteiger partial charge in [-0.3, -0.25) is 4.98 Å². The first-order valence-electron chi connectivity index (χ1n) is 5.01. The second kappa shape index (κ2) is 4.20. The molecule has 1 aliphatic rings. The predicted octanol–water partition coefficient (Wildman–Crippen LogP) is 2.42. The third kappa shape index (κ3) is 2.51. The van der Waals surface area contributed by atoms with Crippen LogP contribution in [-0.4, -0.2) is 11.0 Å². The maximum Gasteiger partial charge on any atom is 0.0794 e. The summed E-state index contributed by atoms with van der Waals surface area (Å²) in [5, 5.41) is 3.60. The lowest BCUT2D eigenvalue weighted by Gasteiger charge is -2.14. The Balaban J connectivity index is 1.77. The molecule has 1 N–H and O–H groups in total. The van der Waals surface area contributed by atoms with Crippen molar-refractivity contribution in [2.24, 2.45) is 5.92 Å². The highest BCUT2D eigenvalue weighted by Gasteiger charge is 2.29. The monoisotopic (exact) mass is 196 g/mol. The molecule has 72 valence electrons. The fourth-order valence-electron chi connectivity index (χ4n) is 1.70. The lowest BCUT2D eigenvalue weighted by Crippen LogP contribution is -2.29. The van der Waals surface area contributed by atoms with Crippen LogP contribution in [0, 0.1) is 5.92 Å². The molecule has 0 spiro atoms.